The van der Waals surface area contributed by atoms with Gasteiger partial charge in [-0.05, 0) is 153 Å². The van der Waals surface area contributed by atoms with Gasteiger partial charge in [-0.25, -0.2) is 0 Å². The van der Waals surface area contributed by atoms with E-state index in [1.54, 1.807) is 0 Å². The van der Waals surface area contributed by atoms with E-state index < -0.39 is 5.41 Å². The molecule has 12 aromatic carbocycles. The SMILES string of the molecule is CC1(C)c2ccccc2-c2cc3c4ccccc4c4cc(-c5ccc(N(c6ccccc6-c6ccccc6)c6cccc7c6-c6ccccc6C76c7ccccc7-c7ccccc76)cc5)ccc4c3cc21. The lowest BCUT2D eigenvalue weighted by Gasteiger charge is -2.32. The third kappa shape index (κ3) is 5.46. The van der Waals surface area contributed by atoms with E-state index in [1.807, 2.05) is 0 Å². The number of rotatable bonds is 5. The minimum Gasteiger partial charge on any atom is -0.309 e. The molecule has 0 aliphatic heterocycles. The molecule has 0 saturated heterocycles. The van der Waals surface area contributed by atoms with Gasteiger partial charge in [-0.15, -0.1) is 0 Å². The summed E-state index contributed by atoms with van der Waals surface area (Å²) in [6.07, 6.45) is 0. The molecule has 0 amide bonds. The fourth-order valence-corrected chi connectivity index (χ4v) is 13.4. The van der Waals surface area contributed by atoms with Crippen molar-refractivity contribution in [3.05, 3.63) is 282 Å². The summed E-state index contributed by atoms with van der Waals surface area (Å²) in [6.45, 7) is 4.76. The summed E-state index contributed by atoms with van der Waals surface area (Å²) in [5, 5.41) is 7.78. The van der Waals surface area contributed by atoms with Crippen LogP contribution in [0.15, 0.2) is 249 Å². The van der Waals surface area contributed by atoms with Crippen LogP contribution < -0.4 is 4.90 Å². The number of anilines is 3. The Morgan fingerprint density at radius 3 is 1.44 bits per heavy atom. The van der Waals surface area contributed by atoms with Crippen molar-refractivity contribution in [1.82, 2.24) is 0 Å². The summed E-state index contributed by atoms with van der Waals surface area (Å²) >= 11 is 0. The van der Waals surface area contributed by atoms with Gasteiger partial charge in [-0.3, -0.25) is 0 Å². The molecule has 0 saturated carbocycles. The largest absolute Gasteiger partial charge is 0.309 e. The smallest absolute Gasteiger partial charge is 0.0726 e. The predicted octanol–water partition coefficient (Wildman–Crippen LogP) is 18.6. The second-order valence-electron chi connectivity index (χ2n) is 20.3. The summed E-state index contributed by atoms with van der Waals surface area (Å²) in [7, 11) is 0. The highest BCUT2D eigenvalue weighted by atomic mass is 15.1. The maximum Gasteiger partial charge on any atom is 0.0726 e. The molecule has 3 aliphatic rings. The normalized spacial score (nSPS) is 14.0. The van der Waals surface area contributed by atoms with Crippen molar-refractivity contribution in [2.24, 2.45) is 0 Å². The van der Waals surface area contributed by atoms with E-state index in [0.29, 0.717) is 0 Å². The summed E-state index contributed by atoms with van der Waals surface area (Å²) in [4.78, 5) is 2.52. The molecule has 0 heterocycles. The molecular formula is C70H47N. The van der Waals surface area contributed by atoms with Crippen LogP contribution in [0.5, 0.6) is 0 Å². The first-order valence-electron chi connectivity index (χ1n) is 25.0. The van der Waals surface area contributed by atoms with Crippen molar-refractivity contribution in [2.45, 2.75) is 24.7 Å². The second kappa shape index (κ2) is 14.9. The standard InChI is InChI=1S/C70H47N/c1-69(2)60-28-13-8-26-54(60)59-42-57-50-23-7-6-22-49(50)56-41-46(37-40-51(56)58(57)43-65(59)69)44-35-38-47(39-36-44)71(66-33-17-12-21-48(66)45-19-4-3-5-20-45)67-34-18-32-64-68(67)55-27-11-16-31-63(55)70(64)61-29-14-9-24-52(61)53-25-10-15-30-62(53)70/h3-43H,1-2H3. The number of hydrogen-bond acceptors (Lipinski definition) is 1. The number of fused-ring (bicyclic) bond motifs is 19. The third-order valence-electron chi connectivity index (χ3n) is 16.5. The molecular weight excluding hydrogens is 855 g/mol. The Bertz CT molecular complexity index is 4150. The zero-order chi connectivity index (χ0) is 47.0. The van der Waals surface area contributed by atoms with Crippen molar-refractivity contribution in [3.8, 4) is 55.6 Å². The lowest BCUT2D eigenvalue weighted by molar-refractivity contribution is 0.661. The molecule has 0 unspecified atom stereocenters. The van der Waals surface area contributed by atoms with Crippen molar-refractivity contribution >= 4 is 49.4 Å². The van der Waals surface area contributed by atoms with Gasteiger partial charge in [-0.2, -0.15) is 0 Å². The topological polar surface area (TPSA) is 3.24 Å². The fraction of sp³-hybridized carbons (Fsp3) is 0.0571. The van der Waals surface area contributed by atoms with Crippen molar-refractivity contribution in [1.29, 1.82) is 0 Å². The van der Waals surface area contributed by atoms with Gasteiger partial charge >= 0.3 is 0 Å². The van der Waals surface area contributed by atoms with Gasteiger partial charge in [0.1, 0.15) is 0 Å². The van der Waals surface area contributed by atoms with Crippen LogP contribution >= 0.6 is 0 Å². The first-order valence-corrected chi connectivity index (χ1v) is 25.0. The van der Waals surface area contributed by atoms with E-state index in [1.165, 1.54) is 121 Å². The molecule has 15 rings (SSSR count). The van der Waals surface area contributed by atoms with E-state index in [0.717, 1.165) is 17.1 Å². The monoisotopic (exact) mass is 901 g/mol. The van der Waals surface area contributed by atoms with Crippen molar-refractivity contribution in [2.75, 3.05) is 4.90 Å². The Kier molecular flexibility index (Phi) is 8.40. The first kappa shape index (κ1) is 40.1. The third-order valence-corrected chi connectivity index (χ3v) is 16.5. The Hall–Kier alpha value is -8.78. The van der Waals surface area contributed by atoms with Crippen LogP contribution in [-0.4, -0.2) is 0 Å². The molecule has 0 aromatic heterocycles. The Labute approximate surface area is 414 Å². The minimum atomic E-state index is -0.448. The lowest BCUT2D eigenvalue weighted by atomic mass is 9.70. The van der Waals surface area contributed by atoms with Gasteiger partial charge in [0.2, 0.25) is 0 Å². The first-order chi connectivity index (χ1) is 35.0. The Morgan fingerprint density at radius 2 is 0.746 bits per heavy atom. The van der Waals surface area contributed by atoms with E-state index >= 15 is 0 Å². The van der Waals surface area contributed by atoms with Crippen LogP contribution in [0.4, 0.5) is 17.1 Å². The minimum absolute atomic E-state index is 0.0761. The number of nitrogens with zero attached hydrogens (tertiary/aromatic N) is 1. The van der Waals surface area contributed by atoms with Gasteiger partial charge in [0.25, 0.3) is 0 Å². The fourth-order valence-electron chi connectivity index (χ4n) is 13.4. The van der Waals surface area contributed by atoms with Crippen LogP contribution in [0, 0.1) is 0 Å². The molecule has 1 heteroatoms. The van der Waals surface area contributed by atoms with Crippen LogP contribution in [-0.2, 0) is 10.8 Å². The highest BCUT2D eigenvalue weighted by molar-refractivity contribution is 6.26. The molecule has 1 nitrogen and oxygen atoms in total. The maximum absolute atomic E-state index is 2.52. The van der Waals surface area contributed by atoms with Gasteiger partial charge < -0.3 is 4.90 Å². The molecule has 0 N–H and O–H groups in total. The molecule has 332 valence electrons. The molecule has 0 bridgehead atoms. The lowest BCUT2D eigenvalue weighted by Crippen LogP contribution is -2.26. The quantitative estimate of drug-likeness (QED) is 0.156. The highest BCUT2D eigenvalue weighted by Crippen LogP contribution is 2.65. The summed E-state index contributed by atoms with van der Waals surface area (Å²) in [5.41, 5.74) is 23.7. The summed E-state index contributed by atoms with van der Waals surface area (Å²) < 4.78 is 0. The Balaban J connectivity index is 0.921. The summed E-state index contributed by atoms with van der Waals surface area (Å²) in [6, 6.07) is 93.4. The highest BCUT2D eigenvalue weighted by Gasteiger charge is 2.52. The van der Waals surface area contributed by atoms with Crippen molar-refractivity contribution in [3.63, 3.8) is 0 Å². The van der Waals surface area contributed by atoms with Gasteiger partial charge in [0.15, 0.2) is 0 Å². The maximum atomic E-state index is 2.52. The molecule has 1 spiro atoms. The van der Waals surface area contributed by atoms with Crippen LogP contribution in [0.3, 0.4) is 0 Å². The van der Waals surface area contributed by atoms with E-state index in [-0.39, 0.29) is 5.41 Å². The molecule has 0 atom stereocenters. The van der Waals surface area contributed by atoms with Gasteiger partial charge in [-0.1, -0.05) is 220 Å². The average Bonchev–Trinajstić information content (AvgIpc) is 4.00. The number of benzene rings is 12. The van der Waals surface area contributed by atoms with Crippen LogP contribution in [0.25, 0.3) is 88.0 Å². The zero-order valence-corrected chi connectivity index (χ0v) is 39.6. The predicted molar refractivity (Wildman–Crippen MR) is 298 cm³/mol. The average molecular weight is 902 g/mol. The molecule has 0 fully saturated rings. The van der Waals surface area contributed by atoms with E-state index in [2.05, 4.69) is 267 Å². The Morgan fingerprint density at radius 1 is 0.268 bits per heavy atom. The van der Waals surface area contributed by atoms with Gasteiger partial charge in [0, 0.05) is 22.2 Å². The number of hydrogen-bond donors (Lipinski definition) is 0. The van der Waals surface area contributed by atoms with E-state index in [4.69, 9.17) is 0 Å². The molecule has 3 aliphatic carbocycles. The summed E-state index contributed by atoms with van der Waals surface area (Å²) in [5.74, 6) is 0. The molecule has 71 heavy (non-hydrogen) atoms. The van der Waals surface area contributed by atoms with E-state index in [9.17, 15) is 0 Å². The molecule has 12 aromatic rings. The van der Waals surface area contributed by atoms with Crippen LogP contribution in [0.2, 0.25) is 0 Å². The van der Waals surface area contributed by atoms with Crippen molar-refractivity contribution < 1.29 is 0 Å². The second-order valence-corrected chi connectivity index (χ2v) is 20.3. The zero-order valence-electron chi connectivity index (χ0n) is 39.6. The molecule has 0 radical (unpaired) electrons. The van der Waals surface area contributed by atoms with Crippen LogP contribution in [0.1, 0.15) is 47.2 Å². The van der Waals surface area contributed by atoms with Gasteiger partial charge in [0.05, 0.1) is 16.8 Å². The number of para-hydroxylation sites is 1.